The molecule has 4 aromatic carbocycles. The van der Waals surface area contributed by atoms with E-state index in [4.69, 9.17) is 14.7 Å². The number of fused-ring (bicyclic) bond motifs is 1. The lowest BCUT2D eigenvalue weighted by Crippen LogP contribution is -2.24. The third-order valence-electron chi connectivity index (χ3n) is 7.96. The molecule has 0 unspecified atom stereocenters. The van der Waals surface area contributed by atoms with E-state index in [0.717, 1.165) is 68.8 Å². The SMILES string of the molecule is CCCc1nc2c(C)cc(-c3cn(Cc4ccc(F)cc4)cn3)cc2n1Cc1ccc(-c2ccccc2C(=O)OC(C)(C)C)cc1. The molecule has 0 amide bonds. The summed E-state index contributed by atoms with van der Waals surface area (Å²) in [5.74, 6) is 0.490. The van der Waals surface area contributed by atoms with Crippen molar-refractivity contribution in [1.29, 1.82) is 0 Å². The van der Waals surface area contributed by atoms with Gasteiger partial charge in [0, 0.05) is 31.3 Å². The molecule has 6 nitrogen and oxygen atoms in total. The Morgan fingerprint density at radius 3 is 2.30 bits per heavy atom. The van der Waals surface area contributed by atoms with E-state index < -0.39 is 5.60 Å². The smallest absolute Gasteiger partial charge is 0.339 e. The molecule has 0 fully saturated rings. The molecule has 6 rings (SSSR count). The van der Waals surface area contributed by atoms with Gasteiger partial charge in [0.2, 0.25) is 0 Å². The van der Waals surface area contributed by atoms with Gasteiger partial charge in [-0.05, 0) is 92.3 Å². The van der Waals surface area contributed by atoms with Crippen molar-refractivity contribution in [3.8, 4) is 22.4 Å². The Bertz CT molecular complexity index is 2000. The number of rotatable bonds is 9. The summed E-state index contributed by atoms with van der Waals surface area (Å²) in [5, 5.41) is 0. The molecule has 0 bridgehead atoms. The van der Waals surface area contributed by atoms with Gasteiger partial charge in [-0.15, -0.1) is 0 Å². The van der Waals surface area contributed by atoms with E-state index in [9.17, 15) is 9.18 Å². The summed E-state index contributed by atoms with van der Waals surface area (Å²) in [6, 6.07) is 26.9. The van der Waals surface area contributed by atoms with Crippen molar-refractivity contribution < 1.29 is 13.9 Å². The Balaban J connectivity index is 1.30. The lowest BCUT2D eigenvalue weighted by molar-refractivity contribution is 0.00704. The van der Waals surface area contributed by atoms with Crippen LogP contribution in [0.1, 0.15) is 67.0 Å². The second-order valence-electron chi connectivity index (χ2n) is 12.8. The fraction of sp³-hybridized carbons (Fsp3) is 0.256. The second kappa shape index (κ2) is 12.8. The van der Waals surface area contributed by atoms with Crippen molar-refractivity contribution in [3.05, 3.63) is 131 Å². The van der Waals surface area contributed by atoms with Crippen LogP contribution in [0.25, 0.3) is 33.4 Å². The van der Waals surface area contributed by atoms with Gasteiger partial charge in [0.1, 0.15) is 17.2 Å². The summed E-state index contributed by atoms with van der Waals surface area (Å²) in [5.41, 5.74) is 9.04. The van der Waals surface area contributed by atoms with Crippen LogP contribution < -0.4 is 0 Å². The number of ether oxygens (including phenoxy) is 1. The van der Waals surface area contributed by atoms with E-state index in [2.05, 4.69) is 54.8 Å². The quantitative estimate of drug-likeness (QED) is 0.153. The number of benzene rings is 4. The number of imidazole rings is 2. The molecule has 0 spiro atoms. The first-order chi connectivity index (χ1) is 22.1. The zero-order valence-corrected chi connectivity index (χ0v) is 27.0. The van der Waals surface area contributed by atoms with Crippen molar-refractivity contribution in [3.63, 3.8) is 0 Å². The van der Waals surface area contributed by atoms with Crippen LogP contribution in [0.3, 0.4) is 0 Å². The number of hydrogen-bond acceptors (Lipinski definition) is 4. The van der Waals surface area contributed by atoms with Crippen molar-refractivity contribution in [2.75, 3.05) is 0 Å². The van der Waals surface area contributed by atoms with Gasteiger partial charge in [-0.1, -0.05) is 61.5 Å². The Kier molecular flexibility index (Phi) is 8.59. The highest BCUT2D eigenvalue weighted by atomic mass is 19.1. The van der Waals surface area contributed by atoms with Crippen LogP contribution in [-0.2, 0) is 24.2 Å². The number of nitrogens with zero attached hydrogens (tertiary/aromatic N) is 4. The third kappa shape index (κ3) is 6.79. The lowest BCUT2D eigenvalue weighted by Gasteiger charge is -2.20. The molecule has 0 saturated carbocycles. The van der Waals surface area contributed by atoms with Gasteiger partial charge < -0.3 is 13.9 Å². The highest BCUT2D eigenvalue weighted by Gasteiger charge is 2.21. The number of hydrogen-bond donors (Lipinski definition) is 0. The van der Waals surface area contributed by atoms with Gasteiger partial charge in [-0.2, -0.15) is 0 Å². The molecule has 0 N–H and O–H groups in total. The maximum Gasteiger partial charge on any atom is 0.339 e. The summed E-state index contributed by atoms with van der Waals surface area (Å²) in [6.45, 7) is 11.2. The first-order valence-corrected chi connectivity index (χ1v) is 15.8. The van der Waals surface area contributed by atoms with E-state index in [0.29, 0.717) is 18.7 Å². The third-order valence-corrected chi connectivity index (χ3v) is 7.96. The summed E-state index contributed by atoms with van der Waals surface area (Å²) in [4.78, 5) is 22.7. The first kappa shape index (κ1) is 31.0. The number of carbonyl (C=O) groups is 1. The van der Waals surface area contributed by atoms with E-state index in [1.165, 1.54) is 12.1 Å². The number of aryl methyl sites for hydroxylation is 2. The maximum atomic E-state index is 13.4. The van der Waals surface area contributed by atoms with Crippen molar-refractivity contribution in [2.45, 2.75) is 66.2 Å². The van der Waals surface area contributed by atoms with Gasteiger partial charge >= 0.3 is 5.97 Å². The average molecular weight is 615 g/mol. The van der Waals surface area contributed by atoms with Crippen molar-refractivity contribution >= 4 is 17.0 Å². The monoisotopic (exact) mass is 614 g/mol. The van der Waals surface area contributed by atoms with Crippen LogP contribution in [0.2, 0.25) is 0 Å². The standard InChI is InChI=1S/C39H39FN4O2/c1-6-9-36-42-37-26(2)20-30(34-24-43(25-41-34)22-27-14-18-31(40)19-15-27)21-35(37)44(36)23-28-12-16-29(17-13-28)32-10-7-8-11-33(32)38(45)46-39(3,4)5/h7-8,10-21,24-25H,6,9,22-23H2,1-5H3. The minimum Gasteiger partial charge on any atom is -0.456 e. The number of carbonyl (C=O) groups excluding carboxylic acids is 1. The van der Waals surface area contributed by atoms with Crippen LogP contribution in [0, 0.1) is 12.7 Å². The van der Waals surface area contributed by atoms with Crippen LogP contribution in [0.4, 0.5) is 4.39 Å². The van der Waals surface area contributed by atoms with Gasteiger partial charge in [0.25, 0.3) is 0 Å². The Hall–Kier alpha value is -5.04. The van der Waals surface area contributed by atoms with E-state index in [1.807, 2.05) is 62.1 Å². The lowest BCUT2D eigenvalue weighted by atomic mass is 9.98. The fourth-order valence-electron chi connectivity index (χ4n) is 5.79. The van der Waals surface area contributed by atoms with E-state index in [-0.39, 0.29) is 11.8 Å². The molecule has 0 saturated heterocycles. The van der Waals surface area contributed by atoms with Gasteiger partial charge in [-0.3, -0.25) is 0 Å². The Morgan fingerprint density at radius 2 is 1.59 bits per heavy atom. The van der Waals surface area contributed by atoms with Crippen LogP contribution in [0.15, 0.2) is 97.5 Å². The van der Waals surface area contributed by atoms with Crippen molar-refractivity contribution in [1.82, 2.24) is 19.1 Å². The Morgan fingerprint density at radius 1 is 0.891 bits per heavy atom. The second-order valence-corrected chi connectivity index (χ2v) is 12.8. The number of aromatic nitrogens is 4. The zero-order valence-electron chi connectivity index (χ0n) is 27.0. The summed E-state index contributed by atoms with van der Waals surface area (Å²) < 4.78 is 23.4. The molecule has 7 heteroatoms. The largest absolute Gasteiger partial charge is 0.456 e. The minimum atomic E-state index is -0.569. The normalized spacial score (nSPS) is 11.7. The fourth-order valence-corrected chi connectivity index (χ4v) is 5.79. The summed E-state index contributed by atoms with van der Waals surface area (Å²) in [6.07, 6.45) is 5.71. The molecule has 2 aromatic heterocycles. The van der Waals surface area contributed by atoms with Crippen molar-refractivity contribution in [2.24, 2.45) is 0 Å². The maximum absolute atomic E-state index is 13.4. The summed E-state index contributed by atoms with van der Waals surface area (Å²) >= 11 is 0. The molecule has 234 valence electrons. The van der Waals surface area contributed by atoms with Crippen LogP contribution in [-0.4, -0.2) is 30.7 Å². The molecular formula is C39H39FN4O2. The minimum absolute atomic E-state index is 0.239. The number of halogens is 1. The molecule has 0 radical (unpaired) electrons. The molecule has 46 heavy (non-hydrogen) atoms. The first-order valence-electron chi connectivity index (χ1n) is 15.8. The van der Waals surface area contributed by atoms with Crippen LogP contribution in [0.5, 0.6) is 0 Å². The van der Waals surface area contributed by atoms with Gasteiger partial charge in [-0.25, -0.2) is 19.2 Å². The molecule has 0 aliphatic heterocycles. The summed E-state index contributed by atoms with van der Waals surface area (Å²) in [7, 11) is 0. The topological polar surface area (TPSA) is 61.9 Å². The highest BCUT2D eigenvalue weighted by Crippen LogP contribution is 2.30. The van der Waals surface area contributed by atoms with E-state index >= 15 is 0 Å². The highest BCUT2D eigenvalue weighted by molar-refractivity contribution is 5.97. The molecule has 0 aliphatic carbocycles. The van der Waals surface area contributed by atoms with E-state index in [1.54, 1.807) is 12.1 Å². The number of esters is 1. The van der Waals surface area contributed by atoms with Crippen LogP contribution >= 0.6 is 0 Å². The van der Waals surface area contributed by atoms with Gasteiger partial charge in [0.05, 0.1) is 28.6 Å². The average Bonchev–Trinajstić information content (AvgIpc) is 3.63. The zero-order chi connectivity index (χ0) is 32.4. The predicted molar refractivity (Wildman–Crippen MR) is 181 cm³/mol. The molecule has 6 aromatic rings. The molecular weight excluding hydrogens is 575 g/mol. The molecule has 2 heterocycles. The predicted octanol–water partition coefficient (Wildman–Crippen LogP) is 9.02. The Labute approximate surface area is 269 Å². The molecule has 0 aliphatic rings. The van der Waals surface area contributed by atoms with Gasteiger partial charge in [0.15, 0.2) is 0 Å². The molecule has 0 atom stereocenters.